The normalized spacial score (nSPS) is 18.2. The summed E-state index contributed by atoms with van der Waals surface area (Å²) in [4.78, 5) is 0. The molecule has 0 bridgehead atoms. The summed E-state index contributed by atoms with van der Waals surface area (Å²) < 4.78 is 12.6. The zero-order valence-electron chi connectivity index (χ0n) is 13.7. The molecule has 118 valence electrons. The highest BCUT2D eigenvalue weighted by Crippen LogP contribution is 2.45. The second-order valence-corrected chi connectivity index (χ2v) is 6.89. The molecule has 0 spiro atoms. The molecule has 1 saturated carbocycles. The third-order valence-electron chi connectivity index (χ3n) is 4.88. The minimum absolute atomic E-state index is 0.0291. The van der Waals surface area contributed by atoms with Crippen molar-refractivity contribution < 1.29 is 9.47 Å². The summed E-state index contributed by atoms with van der Waals surface area (Å²) in [7, 11) is 5.60. The predicted octanol–water partition coefficient (Wildman–Crippen LogP) is 4.29. The maximum atomic E-state index is 5.81. The zero-order valence-corrected chi connectivity index (χ0v) is 15.3. The fourth-order valence-corrected chi connectivity index (χ4v) is 3.91. The van der Waals surface area contributed by atoms with Crippen molar-refractivity contribution in [2.24, 2.45) is 0 Å². The minimum atomic E-state index is 0.0291. The van der Waals surface area contributed by atoms with Crippen molar-refractivity contribution in [2.45, 2.75) is 51.2 Å². The van der Waals surface area contributed by atoms with E-state index in [0.717, 1.165) is 35.0 Å². The van der Waals surface area contributed by atoms with E-state index in [1.165, 1.54) is 17.5 Å². The standard InChI is InChI=1S/C17H26BrNO2/c1-11-9-13(18)12(2)15(16(11)20-4)14(19-3)10-17(21-5)7-6-8-17/h9,14,19H,6-8,10H2,1-5H3. The Bertz CT molecular complexity index is 506. The number of benzene rings is 1. The molecule has 4 heteroatoms. The first-order chi connectivity index (χ1) is 9.98. The molecule has 0 radical (unpaired) electrons. The largest absolute Gasteiger partial charge is 0.496 e. The Kier molecular flexibility index (Phi) is 5.33. The van der Waals surface area contributed by atoms with E-state index >= 15 is 0 Å². The van der Waals surface area contributed by atoms with Gasteiger partial charge in [-0.25, -0.2) is 0 Å². The summed E-state index contributed by atoms with van der Waals surface area (Å²) in [6.07, 6.45) is 4.54. The summed E-state index contributed by atoms with van der Waals surface area (Å²) in [6, 6.07) is 2.36. The van der Waals surface area contributed by atoms with Crippen molar-refractivity contribution in [1.82, 2.24) is 5.32 Å². The molecule has 1 atom stereocenters. The van der Waals surface area contributed by atoms with E-state index in [1.54, 1.807) is 7.11 Å². The van der Waals surface area contributed by atoms with Crippen molar-refractivity contribution in [3.63, 3.8) is 0 Å². The molecule has 1 aromatic rings. The maximum absolute atomic E-state index is 5.81. The molecule has 1 unspecified atom stereocenters. The summed E-state index contributed by atoms with van der Waals surface area (Å²) in [5.41, 5.74) is 3.67. The molecule has 1 N–H and O–H groups in total. The molecule has 0 aromatic heterocycles. The Morgan fingerprint density at radius 2 is 2.00 bits per heavy atom. The monoisotopic (exact) mass is 355 g/mol. The zero-order chi connectivity index (χ0) is 15.6. The Morgan fingerprint density at radius 1 is 1.33 bits per heavy atom. The van der Waals surface area contributed by atoms with E-state index in [2.05, 4.69) is 41.2 Å². The number of nitrogens with one attached hydrogen (secondary N) is 1. The molecule has 0 amide bonds. The Balaban J connectivity index is 2.41. The van der Waals surface area contributed by atoms with E-state index in [9.17, 15) is 0 Å². The van der Waals surface area contributed by atoms with Gasteiger partial charge >= 0.3 is 0 Å². The second-order valence-electron chi connectivity index (χ2n) is 6.03. The first-order valence-electron chi connectivity index (χ1n) is 7.54. The highest BCUT2D eigenvalue weighted by atomic mass is 79.9. The fourth-order valence-electron chi connectivity index (χ4n) is 3.35. The molecule has 2 rings (SSSR count). The van der Waals surface area contributed by atoms with Crippen LogP contribution >= 0.6 is 15.9 Å². The van der Waals surface area contributed by atoms with Crippen LogP contribution in [0.1, 0.15) is 48.4 Å². The molecule has 0 aliphatic heterocycles. The molecule has 1 aliphatic carbocycles. The van der Waals surface area contributed by atoms with Gasteiger partial charge in [-0.05, 0) is 63.8 Å². The van der Waals surface area contributed by atoms with Crippen LogP contribution in [0, 0.1) is 13.8 Å². The van der Waals surface area contributed by atoms with Crippen molar-refractivity contribution in [3.05, 3.63) is 27.2 Å². The number of halogens is 1. The van der Waals surface area contributed by atoms with Gasteiger partial charge in [0.1, 0.15) is 5.75 Å². The molecular weight excluding hydrogens is 330 g/mol. The van der Waals surface area contributed by atoms with Crippen molar-refractivity contribution in [1.29, 1.82) is 0 Å². The van der Waals surface area contributed by atoms with Crippen molar-refractivity contribution >= 4 is 15.9 Å². The number of methoxy groups -OCH3 is 2. The maximum Gasteiger partial charge on any atom is 0.126 e. The smallest absolute Gasteiger partial charge is 0.126 e. The Hall–Kier alpha value is -0.580. The van der Waals surface area contributed by atoms with Gasteiger partial charge in [0.25, 0.3) is 0 Å². The molecule has 1 aliphatic rings. The average Bonchev–Trinajstić information content (AvgIpc) is 2.43. The molecule has 0 heterocycles. The van der Waals surface area contributed by atoms with E-state index in [1.807, 2.05) is 14.2 Å². The van der Waals surface area contributed by atoms with Crippen LogP contribution in [0.15, 0.2) is 10.5 Å². The fraction of sp³-hybridized carbons (Fsp3) is 0.647. The number of ether oxygens (including phenoxy) is 2. The van der Waals surface area contributed by atoms with Crippen LogP contribution in [0.3, 0.4) is 0 Å². The highest BCUT2D eigenvalue weighted by Gasteiger charge is 2.40. The van der Waals surface area contributed by atoms with Gasteiger partial charge in [0.2, 0.25) is 0 Å². The Morgan fingerprint density at radius 3 is 2.43 bits per heavy atom. The van der Waals surface area contributed by atoms with E-state index in [0.29, 0.717) is 0 Å². The van der Waals surface area contributed by atoms with Gasteiger partial charge in [-0.15, -0.1) is 0 Å². The van der Waals surface area contributed by atoms with Crippen LogP contribution in [0.2, 0.25) is 0 Å². The lowest BCUT2D eigenvalue weighted by Crippen LogP contribution is -2.42. The minimum Gasteiger partial charge on any atom is -0.496 e. The van der Waals surface area contributed by atoms with Crippen LogP contribution in [0.25, 0.3) is 0 Å². The van der Waals surface area contributed by atoms with Crippen LogP contribution in [0.5, 0.6) is 5.75 Å². The average molecular weight is 356 g/mol. The molecular formula is C17H26BrNO2. The summed E-state index contributed by atoms with van der Waals surface area (Å²) >= 11 is 3.67. The number of hydrogen-bond donors (Lipinski definition) is 1. The van der Waals surface area contributed by atoms with E-state index in [-0.39, 0.29) is 11.6 Å². The number of hydrogen-bond acceptors (Lipinski definition) is 3. The van der Waals surface area contributed by atoms with Crippen LogP contribution in [-0.2, 0) is 4.74 Å². The highest BCUT2D eigenvalue weighted by molar-refractivity contribution is 9.10. The van der Waals surface area contributed by atoms with Gasteiger partial charge in [-0.1, -0.05) is 15.9 Å². The molecule has 1 fully saturated rings. The number of aryl methyl sites for hydroxylation is 1. The topological polar surface area (TPSA) is 30.5 Å². The second kappa shape index (κ2) is 6.67. The van der Waals surface area contributed by atoms with E-state index in [4.69, 9.17) is 9.47 Å². The first kappa shape index (κ1) is 16.8. The predicted molar refractivity (Wildman–Crippen MR) is 90.2 cm³/mol. The quantitative estimate of drug-likeness (QED) is 0.825. The van der Waals surface area contributed by atoms with E-state index < -0.39 is 0 Å². The molecule has 1 aromatic carbocycles. The van der Waals surface area contributed by atoms with Gasteiger partial charge in [0.15, 0.2) is 0 Å². The van der Waals surface area contributed by atoms with Crippen LogP contribution in [-0.4, -0.2) is 26.9 Å². The van der Waals surface area contributed by atoms with Gasteiger partial charge in [-0.3, -0.25) is 0 Å². The summed E-state index contributed by atoms with van der Waals surface area (Å²) in [5.74, 6) is 0.987. The van der Waals surface area contributed by atoms with Crippen LogP contribution in [0.4, 0.5) is 0 Å². The molecule has 3 nitrogen and oxygen atoms in total. The third-order valence-corrected chi connectivity index (χ3v) is 5.71. The van der Waals surface area contributed by atoms with Crippen molar-refractivity contribution in [2.75, 3.05) is 21.3 Å². The lowest BCUT2D eigenvalue weighted by Gasteiger charge is -2.43. The van der Waals surface area contributed by atoms with Crippen molar-refractivity contribution in [3.8, 4) is 5.75 Å². The van der Waals surface area contributed by atoms with Crippen LogP contribution < -0.4 is 10.1 Å². The van der Waals surface area contributed by atoms with Gasteiger partial charge in [0.05, 0.1) is 12.7 Å². The summed E-state index contributed by atoms with van der Waals surface area (Å²) in [6.45, 7) is 4.24. The molecule has 0 saturated heterocycles. The lowest BCUT2D eigenvalue weighted by molar-refractivity contribution is -0.0835. The third kappa shape index (κ3) is 3.13. The van der Waals surface area contributed by atoms with Gasteiger partial charge in [-0.2, -0.15) is 0 Å². The number of rotatable bonds is 6. The van der Waals surface area contributed by atoms with Gasteiger partial charge < -0.3 is 14.8 Å². The Labute approximate surface area is 136 Å². The summed E-state index contributed by atoms with van der Waals surface area (Å²) in [5, 5.41) is 3.47. The van der Waals surface area contributed by atoms with Gasteiger partial charge in [0, 0.05) is 23.2 Å². The SMILES string of the molecule is CNC(CC1(OC)CCC1)c1c(C)c(Br)cc(C)c1OC. The molecule has 21 heavy (non-hydrogen) atoms. The lowest BCUT2D eigenvalue weighted by atomic mass is 9.74. The first-order valence-corrected chi connectivity index (χ1v) is 8.33.